The van der Waals surface area contributed by atoms with Crippen LogP contribution in [0.4, 0.5) is 0 Å². The van der Waals surface area contributed by atoms with Gasteiger partial charge in [-0.1, -0.05) is 97.1 Å². The van der Waals surface area contributed by atoms with Crippen LogP contribution in [0, 0.1) is 5.92 Å². The average molecular weight is 340 g/mol. The van der Waals surface area contributed by atoms with E-state index in [9.17, 15) is 0 Å². The van der Waals surface area contributed by atoms with E-state index in [4.69, 9.17) is 0 Å². The van der Waals surface area contributed by atoms with Crippen molar-refractivity contribution < 1.29 is 18.9 Å². The van der Waals surface area contributed by atoms with E-state index in [1.807, 2.05) is 0 Å². The van der Waals surface area contributed by atoms with Gasteiger partial charge in [0.25, 0.3) is 0 Å². The predicted molar refractivity (Wildman–Crippen MR) is 109 cm³/mol. The first kappa shape index (κ1) is 19.1. The van der Waals surface area contributed by atoms with Crippen LogP contribution in [0.5, 0.6) is 0 Å². The van der Waals surface area contributed by atoms with Gasteiger partial charge in [-0.25, -0.2) is 0 Å². The summed E-state index contributed by atoms with van der Waals surface area (Å²) in [5.41, 5.74) is 5.13. The zero-order chi connectivity index (χ0) is 17.6. The minimum absolute atomic E-state index is 0. The molecule has 0 fully saturated rings. The Morgan fingerprint density at radius 3 is 1.04 bits per heavy atom. The maximum Gasteiger partial charge on any atom is 1.00 e. The van der Waals surface area contributed by atoms with Crippen molar-refractivity contribution >= 4 is 0 Å². The summed E-state index contributed by atoms with van der Waals surface area (Å²) in [6, 6.07) is 43.0. The first-order valence-corrected chi connectivity index (χ1v) is 9.01. The van der Waals surface area contributed by atoms with Crippen molar-refractivity contribution in [2.75, 3.05) is 0 Å². The smallest absolute Gasteiger partial charge is 0.119 e. The van der Waals surface area contributed by atoms with Gasteiger partial charge in [0.15, 0.2) is 0 Å². The van der Waals surface area contributed by atoms with Gasteiger partial charge in [0, 0.05) is 5.92 Å². The SMILES string of the molecule is [Li+].c1ccc([C-](c2ccccc2)C(c2ccccc2)c2ccccc2)cc1. The van der Waals surface area contributed by atoms with Crippen molar-refractivity contribution in [3.8, 4) is 0 Å². The van der Waals surface area contributed by atoms with Crippen LogP contribution in [0.2, 0.25) is 0 Å². The molecule has 0 radical (unpaired) electrons. The Hall–Kier alpha value is -2.65. The van der Waals surface area contributed by atoms with Gasteiger partial charge in [-0.15, -0.1) is 41.3 Å². The van der Waals surface area contributed by atoms with Crippen molar-refractivity contribution in [3.05, 3.63) is 149 Å². The largest absolute Gasteiger partial charge is 1.00 e. The molecule has 27 heavy (non-hydrogen) atoms. The quantitative estimate of drug-likeness (QED) is 0.385. The van der Waals surface area contributed by atoms with E-state index in [0.29, 0.717) is 0 Å². The molecule has 4 aromatic carbocycles. The molecule has 0 aliphatic heterocycles. The third-order valence-corrected chi connectivity index (χ3v) is 4.72. The zero-order valence-electron chi connectivity index (χ0n) is 15.6. The Labute approximate surface area is 174 Å². The van der Waals surface area contributed by atoms with E-state index in [2.05, 4.69) is 121 Å². The second-order valence-corrected chi connectivity index (χ2v) is 6.40. The van der Waals surface area contributed by atoms with Crippen molar-refractivity contribution in [1.82, 2.24) is 0 Å². The van der Waals surface area contributed by atoms with Crippen LogP contribution in [-0.2, 0) is 0 Å². The third-order valence-electron chi connectivity index (χ3n) is 4.72. The summed E-state index contributed by atoms with van der Waals surface area (Å²) < 4.78 is 0. The number of rotatable bonds is 5. The van der Waals surface area contributed by atoms with Gasteiger partial charge >= 0.3 is 18.9 Å². The van der Waals surface area contributed by atoms with Gasteiger partial charge in [0.05, 0.1) is 0 Å². The van der Waals surface area contributed by atoms with Crippen LogP contribution < -0.4 is 18.9 Å². The molecule has 0 amide bonds. The maximum absolute atomic E-state index is 2.23. The second-order valence-electron chi connectivity index (χ2n) is 6.40. The number of hydrogen-bond acceptors (Lipinski definition) is 0. The molecule has 0 N–H and O–H groups in total. The Bertz CT molecular complexity index is 759. The predicted octanol–water partition coefficient (Wildman–Crippen LogP) is 3.49. The van der Waals surface area contributed by atoms with Gasteiger partial charge in [0.1, 0.15) is 0 Å². The molecule has 0 unspecified atom stereocenters. The molecule has 0 aliphatic rings. The van der Waals surface area contributed by atoms with E-state index in [1.54, 1.807) is 0 Å². The minimum Gasteiger partial charge on any atom is -0.119 e. The topological polar surface area (TPSA) is 0 Å². The van der Waals surface area contributed by atoms with Crippen molar-refractivity contribution in [2.45, 2.75) is 5.92 Å². The molecule has 4 aromatic rings. The van der Waals surface area contributed by atoms with Crippen LogP contribution >= 0.6 is 0 Å². The minimum atomic E-state index is 0. The van der Waals surface area contributed by atoms with Crippen LogP contribution in [-0.4, -0.2) is 0 Å². The molecule has 0 bridgehead atoms. The molecular formula is C26H21Li. The summed E-state index contributed by atoms with van der Waals surface area (Å²) >= 11 is 0. The molecule has 0 saturated heterocycles. The monoisotopic (exact) mass is 340 g/mol. The Morgan fingerprint density at radius 1 is 0.407 bits per heavy atom. The van der Waals surface area contributed by atoms with Crippen LogP contribution in [0.15, 0.2) is 121 Å². The third kappa shape index (κ3) is 4.37. The summed E-state index contributed by atoms with van der Waals surface area (Å²) in [6.45, 7) is 0. The first-order valence-electron chi connectivity index (χ1n) is 9.01. The first-order chi connectivity index (χ1) is 12.9. The van der Waals surface area contributed by atoms with Gasteiger partial charge < -0.3 is 0 Å². The second kappa shape index (κ2) is 9.33. The van der Waals surface area contributed by atoms with E-state index in [0.717, 1.165) is 0 Å². The van der Waals surface area contributed by atoms with Gasteiger partial charge in [-0.3, -0.25) is 0 Å². The maximum atomic E-state index is 2.23. The Balaban J connectivity index is 0.00000210. The fourth-order valence-electron chi connectivity index (χ4n) is 3.55. The Morgan fingerprint density at radius 2 is 0.704 bits per heavy atom. The van der Waals surface area contributed by atoms with Crippen molar-refractivity contribution in [1.29, 1.82) is 0 Å². The molecule has 126 valence electrons. The van der Waals surface area contributed by atoms with E-state index < -0.39 is 0 Å². The fourth-order valence-corrected chi connectivity index (χ4v) is 3.55. The molecule has 0 aliphatic carbocycles. The molecule has 0 spiro atoms. The van der Waals surface area contributed by atoms with Crippen LogP contribution in [0.1, 0.15) is 28.2 Å². The summed E-state index contributed by atoms with van der Waals surface area (Å²) in [7, 11) is 0. The molecule has 0 atom stereocenters. The summed E-state index contributed by atoms with van der Waals surface area (Å²) in [6.07, 6.45) is 0. The average Bonchev–Trinajstić information content (AvgIpc) is 2.74. The molecule has 0 aromatic heterocycles. The van der Waals surface area contributed by atoms with E-state index >= 15 is 0 Å². The molecule has 1 heteroatoms. The van der Waals surface area contributed by atoms with Gasteiger partial charge in [0.2, 0.25) is 0 Å². The number of benzene rings is 4. The number of hydrogen-bond donors (Lipinski definition) is 0. The van der Waals surface area contributed by atoms with Gasteiger partial charge in [-0.2, -0.15) is 0 Å². The molecule has 0 nitrogen and oxygen atoms in total. The normalized spacial score (nSPS) is 10.3. The van der Waals surface area contributed by atoms with Crippen molar-refractivity contribution in [2.24, 2.45) is 0 Å². The van der Waals surface area contributed by atoms with Crippen molar-refractivity contribution in [3.63, 3.8) is 0 Å². The Kier molecular flexibility index (Phi) is 6.61. The van der Waals surface area contributed by atoms with Crippen LogP contribution in [0.3, 0.4) is 0 Å². The summed E-state index contributed by atoms with van der Waals surface area (Å²) in [4.78, 5) is 0. The van der Waals surface area contributed by atoms with Gasteiger partial charge in [-0.05, 0) is 11.1 Å². The summed E-state index contributed by atoms with van der Waals surface area (Å²) in [5.74, 6) is 1.52. The molecule has 0 heterocycles. The fraction of sp³-hybridized carbons (Fsp3) is 0.0385. The molecule has 4 rings (SSSR count). The standard InChI is InChI=1S/C26H21.Li/c1-5-13-21(14-6-1)25(22-15-7-2-8-16-22)26(23-17-9-3-10-18-23)24-19-11-4-12-20-24;/h1-20,25H;/q-1;+1. The van der Waals surface area contributed by atoms with Crippen LogP contribution in [0.25, 0.3) is 0 Å². The zero-order valence-corrected chi connectivity index (χ0v) is 15.6. The van der Waals surface area contributed by atoms with E-state index in [-0.39, 0.29) is 24.8 Å². The molecule has 0 saturated carbocycles. The van der Waals surface area contributed by atoms with E-state index in [1.165, 1.54) is 28.2 Å². The molecular weight excluding hydrogens is 319 g/mol. The summed E-state index contributed by atoms with van der Waals surface area (Å²) in [5, 5.41) is 0.